The van der Waals surface area contributed by atoms with Gasteiger partial charge >= 0.3 is 0 Å². The molecule has 1 atom stereocenters. The van der Waals surface area contributed by atoms with Gasteiger partial charge in [0, 0.05) is 44.5 Å². The number of likely N-dealkylation sites (tertiary alicyclic amines) is 1. The van der Waals surface area contributed by atoms with E-state index in [9.17, 15) is 14.4 Å². The highest BCUT2D eigenvalue weighted by atomic mass is 16.5. The topological polar surface area (TPSA) is 97.0 Å². The lowest BCUT2D eigenvalue weighted by atomic mass is 9.87. The van der Waals surface area contributed by atoms with E-state index in [1.165, 1.54) is 13.3 Å². The van der Waals surface area contributed by atoms with Gasteiger partial charge < -0.3 is 25.0 Å². The minimum Gasteiger partial charge on any atom is -0.497 e. The van der Waals surface area contributed by atoms with Crippen LogP contribution in [0.3, 0.4) is 0 Å². The quantitative estimate of drug-likeness (QED) is 0.622. The predicted octanol–water partition coefficient (Wildman–Crippen LogP) is 2.44. The average Bonchev–Trinajstić information content (AvgIpc) is 2.83. The van der Waals surface area contributed by atoms with Crippen LogP contribution < -0.4 is 20.1 Å². The van der Waals surface area contributed by atoms with Crippen molar-refractivity contribution in [2.24, 2.45) is 5.92 Å². The molecule has 1 saturated carbocycles. The molecule has 0 spiro atoms. The Hall–Kier alpha value is -2.77. The van der Waals surface area contributed by atoms with Crippen LogP contribution in [0.1, 0.15) is 57.4 Å². The maximum Gasteiger partial charge on any atom is 0.243 e. The van der Waals surface area contributed by atoms with E-state index in [4.69, 9.17) is 9.47 Å². The summed E-state index contributed by atoms with van der Waals surface area (Å²) in [4.78, 5) is 39.6. The zero-order valence-corrected chi connectivity index (χ0v) is 20.0. The molecule has 8 nitrogen and oxygen atoms in total. The highest BCUT2D eigenvalue weighted by Gasteiger charge is 2.30. The first-order valence-electron chi connectivity index (χ1n) is 12.0. The van der Waals surface area contributed by atoms with Crippen molar-refractivity contribution in [3.05, 3.63) is 23.8 Å². The number of hydrogen-bond donors (Lipinski definition) is 2. The maximum absolute atomic E-state index is 13.1. The van der Waals surface area contributed by atoms with E-state index in [0.29, 0.717) is 31.0 Å². The summed E-state index contributed by atoms with van der Waals surface area (Å²) in [6.07, 6.45) is 7.30. The van der Waals surface area contributed by atoms with E-state index in [-0.39, 0.29) is 29.7 Å². The number of nitrogens with one attached hydrogen (secondary N) is 2. The number of carbonyl (C=O) groups excluding carboxylic acids is 3. The Morgan fingerprint density at radius 3 is 2.12 bits per heavy atom. The standard InChI is InChI=1S/C25H37N3O5/c1-17(29)26-23(15-18-13-21(32-2)16-22(14-18)33-3)24(30)27-20-9-11-28(12-10-20)25(31)19-7-5-4-6-8-19/h13-14,16,19-20,23H,4-12,15H2,1-3H3,(H,26,29)(H,27,30). The molecule has 2 N–H and O–H groups in total. The van der Waals surface area contributed by atoms with E-state index in [1.807, 2.05) is 17.0 Å². The monoisotopic (exact) mass is 459 g/mol. The van der Waals surface area contributed by atoms with Crippen LogP contribution in [0, 0.1) is 5.92 Å². The van der Waals surface area contributed by atoms with Gasteiger partial charge in [-0.1, -0.05) is 19.3 Å². The Kier molecular flexibility index (Phi) is 8.97. The highest BCUT2D eigenvalue weighted by molar-refractivity contribution is 5.87. The summed E-state index contributed by atoms with van der Waals surface area (Å²) in [6, 6.07) is 4.71. The van der Waals surface area contributed by atoms with Crippen molar-refractivity contribution < 1.29 is 23.9 Å². The normalized spacial score (nSPS) is 18.3. The summed E-state index contributed by atoms with van der Waals surface area (Å²) >= 11 is 0. The van der Waals surface area contributed by atoms with Gasteiger partial charge in [-0.05, 0) is 43.4 Å². The van der Waals surface area contributed by atoms with Gasteiger partial charge in [0.15, 0.2) is 0 Å². The smallest absolute Gasteiger partial charge is 0.243 e. The third-order valence-corrected chi connectivity index (χ3v) is 6.65. The minimum atomic E-state index is -0.707. The summed E-state index contributed by atoms with van der Waals surface area (Å²) in [5, 5.41) is 5.85. The molecule has 3 rings (SSSR count). The summed E-state index contributed by atoms with van der Waals surface area (Å²) < 4.78 is 10.6. The molecule has 2 fully saturated rings. The predicted molar refractivity (Wildman–Crippen MR) is 125 cm³/mol. The van der Waals surface area contributed by atoms with Crippen molar-refractivity contribution in [2.45, 2.75) is 70.4 Å². The van der Waals surface area contributed by atoms with Crippen LogP contribution in [-0.4, -0.2) is 62.0 Å². The number of ether oxygens (including phenoxy) is 2. The Balaban J connectivity index is 1.57. The van der Waals surface area contributed by atoms with Crippen LogP contribution in [0.25, 0.3) is 0 Å². The van der Waals surface area contributed by atoms with Gasteiger partial charge in [-0.15, -0.1) is 0 Å². The molecule has 0 radical (unpaired) electrons. The number of piperidine rings is 1. The van der Waals surface area contributed by atoms with Crippen molar-refractivity contribution in [1.29, 1.82) is 0 Å². The molecule has 0 bridgehead atoms. The van der Waals surface area contributed by atoms with Crippen molar-refractivity contribution >= 4 is 17.7 Å². The van der Waals surface area contributed by atoms with Crippen molar-refractivity contribution in [1.82, 2.24) is 15.5 Å². The molecular formula is C25H37N3O5. The second-order valence-electron chi connectivity index (χ2n) is 9.12. The fraction of sp³-hybridized carbons (Fsp3) is 0.640. The van der Waals surface area contributed by atoms with Crippen LogP contribution in [0.5, 0.6) is 11.5 Å². The van der Waals surface area contributed by atoms with Gasteiger partial charge in [0.25, 0.3) is 0 Å². The summed E-state index contributed by atoms with van der Waals surface area (Å²) in [6.45, 7) is 2.73. The molecule has 182 valence electrons. The van der Waals surface area contributed by atoms with Crippen LogP contribution in [0.15, 0.2) is 18.2 Å². The third kappa shape index (κ3) is 7.11. The van der Waals surface area contributed by atoms with Gasteiger partial charge in [0.2, 0.25) is 17.7 Å². The van der Waals surface area contributed by atoms with Gasteiger partial charge in [-0.25, -0.2) is 0 Å². The number of hydrogen-bond acceptors (Lipinski definition) is 5. The van der Waals surface area contributed by atoms with Crippen molar-refractivity contribution in [3.8, 4) is 11.5 Å². The first-order valence-corrected chi connectivity index (χ1v) is 12.0. The SMILES string of the molecule is COc1cc(CC(NC(C)=O)C(=O)NC2CCN(C(=O)C3CCCCC3)CC2)cc(OC)c1. The molecule has 0 aromatic heterocycles. The largest absolute Gasteiger partial charge is 0.497 e. The van der Waals surface area contributed by atoms with Crippen LogP contribution >= 0.6 is 0 Å². The molecule has 1 heterocycles. The summed E-state index contributed by atoms with van der Waals surface area (Å²) in [7, 11) is 3.14. The van der Waals surface area contributed by atoms with E-state index in [2.05, 4.69) is 10.6 Å². The van der Waals surface area contributed by atoms with Crippen LogP contribution in [0.2, 0.25) is 0 Å². The molecular weight excluding hydrogens is 422 g/mol. The molecule has 1 aliphatic heterocycles. The molecule has 1 aliphatic carbocycles. The fourth-order valence-electron chi connectivity index (χ4n) is 4.83. The second kappa shape index (κ2) is 11.9. The number of benzene rings is 1. The van der Waals surface area contributed by atoms with E-state index < -0.39 is 6.04 Å². The molecule has 33 heavy (non-hydrogen) atoms. The van der Waals surface area contributed by atoms with Crippen molar-refractivity contribution in [3.63, 3.8) is 0 Å². The lowest BCUT2D eigenvalue weighted by Gasteiger charge is -2.36. The third-order valence-electron chi connectivity index (χ3n) is 6.65. The van der Waals surface area contributed by atoms with Gasteiger partial charge in [0.05, 0.1) is 14.2 Å². The molecule has 1 aromatic rings. The fourth-order valence-corrected chi connectivity index (χ4v) is 4.83. The number of nitrogens with zero attached hydrogens (tertiary/aromatic N) is 1. The first kappa shape index (κ1) is 24.9. The minimum absolute atomic E-state index is 0.0102. The number of methoxy groups -OCH3 is 2. The summed E-state index contributed by atoms with van der Waals surface area (Å²) in [5.41, 5.74) is 0.827. The number of rotatable bonds is 8. The van der Waals surface area contributed by atoms with E-state index in [0.717, 1.165) is 44.1 Å². The van der Waals surface area contributed by atoms with Crippen LogP contribution in [-0.2, 0) is 20.8 Å². The lowest BCUT2D eigenvalue weighted by molar-refractivity contribution is -0.138. The molecule has 1 unspecified atom stereocenters. The molecule has 3 amide bonds. The van der Waals surface area contributed by atoms with Gasteiger partial charge in [0.1, 0.15) is 17.5 Å². The second-order valence-corrected chi connectivity index (χ2v) is 9.12. The molecule has 2 aliphatic rings. The molecule has 1 saturated heterocycles. The highest BCUT2D eigenvalue weighted by Crippen LogP contribution is 2.27. The Morgan fingerprint density at radius 1 is 0.970 bits per heavy atom. The first-order chi connectivity index (χ1) is 15.9. The lowest BCUT2D eigenvalue weighted by Crippen LogP contribution is -2.53. The average molecular weight is 460 g/mol. The zero-order chi connectivity index (χ0) is 23.8. The van der Waals surface area contributed by atoms with E-state index >= 15 is 0 Å². The number of amides is 3. The Morgan fingerprint density at radius 2 is 1.58 bits per heavy atom. The van der Waals surface area contributed by atoms with Crippen LogP contribution in [0.4, 0.5) is 0 Å². The number of carbonyl (C=O) groups is 3. The van der Waals surface area contributed by atoms with E-state index in [1.54, 1.807) is 20.3 Å². The zero-order valence-electron chi connectivity index (χ0n) is 20.0. The Labute approximate surface area is 196 Å². The van der Waals surface area contributed by atoms with Gasteiger partial charge in [-0.3, -0.25) is 14.4 Å². The molecule has 8 heteroatoms. The molecule has 1 aromatic carbocycles. The Bertz CT molecular complexity index is 807. The van der Waals surface area contributed by atoms with Gasteiger partial charge in [-0.2, -0.15) is 0 Å². The summed E-state index contributed by atoms with van der Waals surface area (Å²) in [5.74, 6) is 1.22. The van der Waals surface area contributed by atoms with Crippen molar-refractivity contribution in [2.75, 3.05) is 27.3 Å². The maximum atomic E-state index is 13.1.